The van der Waals surface area contributed by atoms with Crippen LogP contribution in [-0.4, -0.2) is 11.4 Å². The van der Waals surface area contributed by atoms with Gasteiger partial charge in [0.05, 0.1) is 0 Å². The van der Waals surface area contributed by atoms with Crippen molar-refractivity contribution in [3.8, 4) is 11.1 Å². The zero-order chi connectivity index (χ0) is 16.0. The fourth-order valence-electron chi connectivity index (χ4n) is 2.17. The molecule has 0 bridgehead atoms. The highest BCUT2D eigenvalue weighted by molar-refractivity contribution is 5.85. The largest absolute Gasteiger partial charge is 0.291 e. The Kier molecular flexibility index (Phi) is 2.98. The fraction of sp³-hybridized carbons (Fsp3) is 0.176. The Labute approximate surface area is 126 Å². The Hall–Kier alpha value is -1.57. The van der Waals surface area contributed by atoms with Gasteiger partial charge < -0.3 is 0 Å². The Morgan fingerprint density at radius 3 is 1.95 bits per heavy atom. The maximum atomic E-state index is 8.54. The van der Waals surface area contributed by atoms with Gasteiger partial charge in [0.1, 0.15) is 0 Å². The van der Waals surface area contributed by atoms with E-state index in [4.69, 9.17) is 5.48 Å². The first-order valence-electron chi connectivity index (χ1n) is 7.98. The third-order valence-corrected chi connectivity index (χ3v) is 2.97. The van der Waals surface area contributed by atoms with E-state index >= 15 is 0 Å². The van der Waals surface area contributed by atoms with Gasteiger partial charge in [0.15, 0.2) is 0 Å². The zero-order valence-electron chi connectivity index (χ0n) is 14.5. The number of benzene rings is 2. The van der Waals surface area contributed by atoms with Crippen molar-refractivity contribution in [3.05, 3.63) is 72.3 Å². The van der Waals surface area contributed by atoms with Crippen molar-refractivity contribution in [2.45, 2.75) is 13.0 Å². The van der Waals surface area contributed by atoms with Gasteiger partial charge in [-0.1, -0.05) is 54.6 Å². The second kappa shape index (κ2) is 6.05. The molecule has 0 unspecified atom stereocenters. The first-order chi connectivity index (χ1) is 10.4. The maximum Gasteiger partial charge on any atom is 0.0482 e. The highest BCUT2D eigenvalue weighted by Gasteiger charge is 2.17. The quantitative estimate of drug-likeness (QED) is 0.740. The topological polar surface area (TPSA) is 3.24 Å². The van der Waals surface area contributed by atoms with Crippen molar-refractivity contribution in [2.24, 2.45) is 0 Å². The molecule has 1 aliphatic rings. The van der Waals surface area contributed by atoms with Crippen molar-refractivity contribution >= 4 is 12.4 Å². The van der Waals surface area contributed by atoms with Gasteiger partial charge >= 0.3 is 0 Å². The minimum absolute atomic E-state index is 0. The van der Waals surface area contributed by atoms with Crippen molar-refractivity contribution in [1.82, 2.24) is 4.90 Å². The van der Waals surface area contributed by atoms with Gasteiger partial charge in [-0.05, 0) is 22.3 Å². The summed E-state index contributed by atoms with van der Waals surface area (Å²) in [6.45, 7) is -0.107. The van der Waals surface area contributed by atoms with E-state index in [0.717, 1.165) is 11.1 Å². The van der Waals surface area contributed by atoms with Crippen molar-refractivity contribution in [1.29, 1.82) is 0 Å². The number of hydrogen-bond donors (Lipinski definition) is 0. The second-order valence-electron chi connectivity index (χ2n) is 4.21. The summed E-state index contributed by atoms with van der Waals surface area (Å²) < 4.78 is 34.2. The highest BCUT2D eigenvalue weighted by atomic mass is 35.5. The molecular weight excluding hydrogens is 254 g/mol. The van der Waals surface area contributed by atoms with Crippen LogP contribution >= 0.6 is 12.4 Å². The summed E-state index contributed by atoms with van der Waals surface area (Å²) in [7, 11) is 0. The molecule has 1 nitrogen and oxygen atoms in total. The van der Waals surface area contributed by atoms with Crippen LogP contribution in [0.1, 0.15) is 16.6 Å². The van der Waals surface area contributed by atoms with Gasteiger partial charge in [0.25, 0.3) is 0 Å². The van der Waals surface area contributed by atoms with Crippen LogP contribution in [0, 0.1) is 0 Å². The van der Waals surface area contributed by atoms with Crippen LogP contribution in [0.2, 0.25) is 0 Å². The summed E-state index contributed by atoms with van der Waals surface area (Å²) in [5.41, 5.74) is 2.42. The molecule has 0 radical (unpaired) electrons. The van der Waals surface area contributed by atoms with Gasteiger partial charge in [-0.3, -0.25) is 4.90 Å². The summed E-state index contributed by atoms with van der Waals surface area (Å²) in [4.78, 5) is 1.22. The predicted molar refractivity (Wildman–Crippen MR) is 83.4 cm³/mol. The number of rotatable bonds is 2. The summed E-state index contributed by atoms with van der Waals surface area (Å²) in [5.74, 6) is 0. The molecule has 0 aromatic heterocycles. The first-order valence-corrected chi connectivity index (χ1v) is 5.98. The lowest BCUT2D eigenvalue weighted by Gasteiger charge is -2.18. The lowest BCUT2D eigenvalue weighted by molar-refractivity contribution is 0.289. The first kappa shape index (κ1) is 9.35. The Bertz CT molecular complexity index is 673. The Morgan fingerprint density at radius 1 is 1.00 bits per heavy atom. The average molecular weight is 276 g/mol. The van der Waals surface area contributed by atoms with Crippen LogP contribution in [0.4, 0.5) is 0 Å². The van der Waals surface area contributed by atoms with Crippen LogP contribution in [-0.2, 0) is 13.0 Å². The van der Waals surface area contributed by atoms with Crippen molar-refractivity contribution in [2.75, 3.05) is 6.54 Å². The molecule has 98 valence electrons. The number of fused-ring (bicyclic) bond motifs is 3. The van der Waals surface area contributed by atoms with E-state index in [2.05, 4.69) is 6.58 Å². The Morgan fingerprint density at radius 2 is 1.47 bits per heavy atom. The zero-order valence-corrected chi connectivity index (χ0v) is 11.3. The van der Waals surface area contributed by atoms with Crippen LogP contribution < -0.4 is 0 Å². The summed E-state index contributed by atoms with van der Waals surface area (Å²) in [6, 6.07) is 14.4. The normalized spacial score (nSPS) is 22.1. The number of halogens is 1. The Balaban J connectivity index is 0.00000192. The van der Waals surface area contributed by atoms with Crippen LogP contribution in [0.5, 0.6) is 0 Å². The van der Waals surface area contributed by atoms with E-state index in [-0.39, 0.29) is 19.0 Å². The van der Waals surface area contributed by atoms with Crippen LogP contribution in [0.3, 0.4) is 0 Å². The van der Waals surface area contributed by atoms with E-state index in [1.807, 2.05) is 24.3 Å². The van der Waals surface area contributed by atoms with Gasteiger partial charge in [-0.2, -0.15) is 0 Å². The molecule has 3 rings (SSSR count). The minimum atomic E-state index is -1.94. The smallest absolute Gasteiger partial charge is 0.0482 e. The molecule has 0 saturated heterocycles. The van der Waals surface area contributed by atoms with E-state index < -0.39 is 13.0 Å². The van der Waals surface area contributed by atoms with Gasteiger partial charge in [-0.15, -0.1) is 19.0 Å². The van der Waals surface area contributed by atoms with Crippen LogP contribution in [0.25, 0.3) is 11.1 Å². The fourth-order valence-corrected chi connectivity index (χ4v) is 2.17. The lowest BCUT2D eigenvalue weighted by Crippen LogP contribution is -2.21. The van der Waals surface area contributed by atoms with Crippen molar-refractivity contribution in [3.63, 3.8) is 0 Å². The molecule has 0 N–H and O–H groups in total. The molecule has 0 spiro atoms. The minimum Gasteiger partial charge on any atom is -0.291 e. The van der Waals surface area contributed by atoms with Gasteiger partial charge in [-0.25, -0.2) is 0 Å². The average Bonchev–Trinajstić information content (AvgIpc) is 2.56. The maximum absolute atomic E-state index is 8.54. The molecule has 1 heterocycles. The third kappa shape index (κ3) is 2.73. The second-order valence-corrected chi connectivity index (χ2v) is 4.21. The molecule has 19 heavy (non-hydrogen) atoms. The van der Waals surface area contributed by atoms with Crippen molar-refractivity contribution < 1.29 is 5.48 Å². The van der Waals surface area contributed by atoms with E-state index in [0.29, 0.717) is 11.1 Å². The molecule has 0 aliphatic carbocycles. The summed E-state index contributed by atoms with van der Waals surface area (Å²) in [5, 5.41) is 0. The molecule has 0 fully saturated rings. The number of nitrogens with zero attached hydrogens (tertiary/aromatic N) is 1. The van der Waals surface area contributed by atoms with E-state index in [1.165, 1.54) is 11.0 Å². The molecule has 1 aliphatic heterocycles. The standard InChI is InChI=1S/C17H17N.ClH/c1-2-11-18-12-14-7-3-5-9-16(14)17-10-6-4-8-15(17)13-18;/h2-10H,1,11-13H2;1H/i12D2,13D2;. The monoisotopic (exact) mass is 275 g/mol. The number of hydrogen-bond acceptors (Lipinski definition) is 1. The molecule has 2 heteroatoms. The van der Waals surface area contributed by atoms with Gasteiger partial charge in [0, 0.05) is 25.0 Å². The van der Waals surface area contributed by atoms with Gasteiger partial charge in [0.2, 0.25) is 0 Å². The molecule has 2 aromatic rings. The lowest BCUT2D eigenvalue weighted by atomic mass is 9.97. The molecule has 0 atom stereocenters. The molecular formula is C17H18ClN. The predicted octanol–water partition coefficient (Wildman–Crippen LogP) is 4.28. The highest BCUT2D eigenvalue weighted by Crippen LogP contribution is 2.32. The van der Waals surface area contributed by atoms with E-state index in [1.54, 1.807) is 24.3 Å². The van der Waals surface area contributed by atoms with Crippen LogP contribution in [0.15, 0.2) is 61.2 Å². The molecule has 0 saturated carbocycles. The SMILES string of the molecule is Cl.[2H]C1([2H])c2ccccc2-c2ccccc2C([2H])([2H])N1CC=C. The molecule has 2 aromatic carbocycles. The summed E-state index contributed by atoms with van der Waals surface area (Å²) in [6.07, 6.45) is 1.53. The third-order valence-electron chi connectivity index (χ3n) is 2.97. The van der Waals surface area contributed by atoms with E-state index in [9.17, 15) is 0 Å². The summed E-state index contributed by atoms with van der Waals surface area (Å²) >= 11 is 0. The molecule has 0 amide bonds.